The van der Waals surface area contributed by atoms with Crippen LogP contribution in [-0.4, -0.2) is 54.7 Å². The minimum absolute atomic E-state index is 0.0116. The Bertz CT molecular complexity index is 582. The molecule has 0 aliphatic heterocycles. The van der Waals surface area contributed by atoms with Gasteiger partial charge < -0.3 is 14.2 Å². The molecule has 170 valence electrons. The minimum atomic E-state index is -6.18. The molecule has 0 N–H and O–H groups in total. The van der Waals surface area contributed by atoms with Crippen LogP contribution in [0.1, 0.15) is 27.2 Å². The van der Waals surface area contributed by atoms with E-state index in [4.69, 9.17) is 0 Å². The number of ether oxygens (including phenoxy) is 3. The molecule has 0 aromatic heterocycles. The lowest BCUT2D eigenvalue weighted by molar-refractivity contribution is -0.315. The minimum Gasteiger partial charge on any atom is -0.450 e. The number of hydrogen-bond acceptors (Lipinski definition) is 6. The van der Waals surface area contributed by atoms with Crippen molar-refractivity contribution in [2.24, 2.45) is 5.92 Å². The SMILES string of the molecule is CCC(C)C(=O)OC(C(=O)OC(C)C(F)(F)F)C(=O)OC(C(F)(F)F)C(F)(F)F. The molecule has 0 radical (unpaired) electrons. The first-order chi connectivity index (χ1) is 12.8. The summed E-state index contributed by atoms with van der Waals surface area (Å²) in [6.07, 6.45) is -28.4. The van der Waals surface area contributed by atoms with E-state index in [1.54, 1.807) is 0 Å². The summed E-state index contributed by atoms with van der Waals surface area (Å²) in [5.41, 5.74) is 0. The molecule has 0 amide bonds. The van der Waals surface area contributed by atoms with Crippen molar-refractivity contribution in [1.82, 2.24) is 0 Å². The summed E-state index contributed by atoms with van der Waals surface area (Å²) in [5.74, 6) is -7.65. The van der Waals surface area contributed by atoms with E-state index >= 15 is 0 Å². The van der Waals surface area contributed by atoms with Gasteiger partial charge in [-0.25, -0.2) is 9.59 Å². The molecule has 0 bridgehead atoms. The summed E-state index contributed by atoms with van der Waals surface area (Å²) in [7, 11) is 0. The van der Waals surface area contributed by atoms with Gasteiger partial charge in [-0.1, -0.05) is 13.8 Å². The molecule has 0 saturated heterocycles. The van der Waals surface area contributed by atoms with Gasteiger partial charge in [-0.05, 0) is 13.3 Å². The van der Waals surface area contributed by atoms with Gasteiger partial charge in [-0.2, -0.15) is 39.5 Å². The highest BCUT2D eigenvalue weighted by Crippen LogP contribution is 2.36. The first-order valence-corrected chi connectivity index (χ1v) is 7.63. The van der Waals surface area contributed by atoms with Crippen LogP contribution in [0.15, 0.2) is 0 Å². The Morgan fingerprint density at radius 3 is 1.45 bits per heavy atom. The number of hydrogen-bond donors (Lipinski definition) is 0. The van der Waals surface area contributed by atoms with Crippen LogP contribution in [0.3, 0.4) is 0 Å². The van der Waals surface area contributed by atoms with Crippen molar-refractivity contribution < 1.29 is 68.1 Å². The van der Waals surface area contributed by atoms with Crippen LogP contribution in [0.25, 0.3) is 0 Å². The molecule has 6 nitrogen and oxygen atoms in total. The smallest absolute Gasteiger partial charge is 0.434 e. The van der Waals surface area contributed by atoms with Gasteiger partial charge in [0.15, 0.2) is 6.10 Å². The van der Waals surface area contributed by atoms with Gasteiger partial charge in [0.25, 0.3) is 12.2 Å². The number of rotatable bonds is 7. The van der Waals surface area contributed by atoms with E-state index in [9.17, 15) is 53.9 Å². The molecule has 0 rings (SSSR count). The van der Waals surface area contributed by atoms with E-state index in [-0.39, 0.29) is 13.3 Å². The molecule has 0 aliphatic rings. The Kier molecular flexibility index (Phi) is 8.79. The van der Waals surface area contributed by atoms with Gasteiger partial charge in [-0.3, -0.25) is 4.79 Å². The standard InChI is InChI=1S/C14H15F9O6/c1-4-5(2)8(24)28-7(9(25)27-6(3)12(15,16)17)10(26)29-11(13(18,19)20)14(21,22)23/h5-7,11H,4H2,1-3H3. The average molecular weight is 450 g/mol. The van der Waals surface area contributed by atoms with Crippen LogP contribution in [0.2, 0.25) is 0 Å². The van der Waals surface area contributed by atoms with Gasteiger partial charge in [-0.15, -0.1) is 0 Å². The number of carbonyl (C=O) groups is 3. The molecule has 29 heavy (non-hydrogen) atoms. The maximum absolute atomic E-state index is 12.5. The molecule has 0 aromatic carbocycles. The fraction of sp³-hybridized carbons (Fsp3) is 0.786. The van der Waals surface area contributed by atoms with Crippen LogP contribution >= 0.6 is 0 Å². The van der Waals surface area contributed by atoms with E-state index in [0.717, 1.165) is 6.92 Å². The van der Waals surface area contributed by atoms with Crippen LogP contribution in [0, 0.1) is 5.92 Å². The first-order valence-electron chi connectivity index (χ1n) is 7.63. The van der Waals surface area contributed by atoms with E-state index in [2.05, 4.69) is 14.2 Å². The van der Waals surface area contributed by atoms with Crippen molar-refractivity contribution in [3.63, 3.8) is 0 Å². The third-order valence-corrected chi connectivity index (χ3v) is 3.26. The fourth-order valence-corrected chi connectivity index (χ4v) is 1.39. The second-order valence-corrected chi connectivity index (χ2v) is 5.65. The first kappa shape index (κ1) is 26.8. The Morgan fingerprint density at radius 1 is 0.690 bits per heavy atom. The Hall–Kier alpha value is -2.22. The van der Waals surface area contributed by atoms with E-state index in [1.807, 2.05) is 0 Å². The predicted molar refractivity (Wildman–Crippen MR) is 72.9 cm³/mol. The Morgan fingerprint density at radius 2 is 1.10 bits per heavy atom. The zero-order valence-corrected chi connectivity index (χ0v) is 14.9. The summed E-state index contributed by atoms with van der Waals surface area (Å²) in [4.78, 5) is 35.0. The van der Waals surface area contributed by atoms with Crippen molar-refractivity contribution in [2.45, 2.75) is 64.0 Å². The largest absolute Gasteiger partial charge is 0.450 e. The molecule has 0 heterocycles. The Balaban J connectivity index is 5.75. The zero-order chi connectivity index (χ0) is 23.4. The summed E-state index contributed by atoms with van der Waals surface area (Å²) in [6.45, 7) is 2.78. The third-order valence-electron chi connectivity index (χ3n) is 3.26. The summed E-state index contributed by atoms with van der Waals surface area (Å²) in [6, 6.07) is 0. The molecule has 0 spiro atoms. The van der Waals surface area contributed by atoms with E-state index < -0.39 is 60.7 Å². The van der Waals surface area contributed by atoms with Crippen molar-refractivity contribution in [2.75, 3.05) is 0 Å². The lowest BCUT2D eigenvalue weighted by Crippen LogP contribution is -2.50. The van der Waals surface area contributed by atoms with Crippen molar-refractivity contribution in [3.05, 3.63) is 0 Å². The summed E-state index contributed by atoms with van der Waals surface area (Å²) in [5, 5.41) is 0. The molecular weight excluding hydrogens is 435 g/mol. The highest BCUT2D eigenvalue weighted by molar-refractivity contribution is 6.00. The lowest BCUT2D eigenvalue weighted by Gasteiger charge is -2.25. The number of alkyl halides is 9. The molecule has 3 atom stereocenters. The molecule has 0 aliphatic carbocycles. The van der Waals surface area contributed by atoms with Crippen molar-refractivity contribution in [3.8, 4) is 0 Å². The zero-order valence-electron chi connectivity index (χ0n) is 14.9. The van der Waals surface area contributed by atoms with Gasteiger partial charge >= 0.3 is 36.4 Å². The fourth-order valence-electron chi connectivity index (χ4n) is 1.39. The van der Waals surface area contributed by atoms with Gasteiger partial charge in [0.2, 0.25) is 0 Å². The third kappa shape index (κ3) is 8.35. The van der Waals surface area contributed by atoms with Crippen LogP contribution in [0.4, 0.5) is 39.5 Å². The normalized spacial score (nSPS) is 16.0. The quantitative estimate of drug-likeness (QED) is 0.256. The molecular formula is C14H15F9O6. The highest BCUT2D eigenvalue weighted by Gasteiger charge is 2.61. The molecule has 3 unspecified atom stereocenters. The second kappa shape index (κ2) is 9.52. The Labute approximate surface area is 157 Å². The number of carbonyl (C=O) groups excluding carboxylic acids is 3. The van der Waals surface area contributed by atoms with Crippen molar-refractivity contribution in [1.29, 1.82) is 0 Å². The summed E-state index contributed by atoms with van der Waals surface area (Å²) >= 11 is 0. The van der Waals surface area contributed by atoms with Crippen LogP contribution in [0.5, 0.6) is 0 Å². The monoisotopic (exact) mass is 450 g/mol. The predicted octanol–water partition coefficient (Wildman–Crippen LogP) is 3.47. The molecule has 0 saturated carbocycles. The lowest BCUT2D eigenvalue weighted by atomic mass is 10.1. The van der Waals surface area contributed by atoms with Crippen LogP contribution < -0.4 is 0 Å². The maximum Gasteiger partial charge on any atom is 0.434 e. The van der Waals surface area contributed by atoms with E-state index in [1.165, 1.54) is 6.92 Å². The molecule has 15 heteroatoms. The second-order valence-electron chi connectivity index (χ2n) is 5.65. The molecule has 0 aromatic rings. The maximum atomic E-state index is 12.5. The van der Waals surface area contributed by atoms with Gasteiger partial charge in [0, 0.05) is 0 Å². The van der Waals surface area contributed by atoms with Gasteiger partial charge in [0.1, 0.15) is 0 Å². The number of esters is 3. The van der Waals surface area contributed by atoms with E-state index in [0.29, 0.717) is 0 Å². The highest BCUT2D eigenvalue weighted by atomic mass is 19.4. The average Bonchev–Trinajstić information content (AvgIpc) is 2.52. The van der Waals surface area contributed by atoms with Gasteiger partial charge in [0.05, 0.1) is 5.92 Å². The van der Waals surface area contributed by atoms with Crippen molar-refractivity contribution >= 4 is 17.9 Å². The topological polar surface area (TPSA) is 78.9 Å². The van der Waals surface area contributed by atoms with Crippen LogP contribution in [-0.2, 0) is 28.6 Å². The summed E-state index contributed by atoms with van der Waals surface area (Å²) < 4.78 is 123. The number of halogens is 9. The molecule has 0 fully saturated rings.